The lowest BCUT2D eigenvalue weighted by Gasteiger charge is -2.10. The molecule has 0 bridgehead atoms. The van der Waals surface area contributed by atoms with Gasteiger partial charge in [0.1, 0.15) is 19.6 Å². The minimum absolute atomic E-state index is 0. The smallest absolute Gasteiger partial charge is 0.277 e. The number of nitrogens with zero attached hydrogens (tertiary/aromatic N) is 2. The first-order chi connectivity index (χ1) is 8.33. The molecule has 0 saturated heterocycles. The van der Waals surface area contributed by atoms with Crippen LogP contribution in [0.2, 0.25) is 5.02 Å². The predicted octanol–water partition coefficient (Wildman–Crippen LogP) is -0.348. The average Bonchev–Trinajstić information content (AvgIpc) is 2.76. The van der Waals surface area contributed by atoms with Gasteiger partial charge >= 0.3 is 0 Å². The van der Waals surface area contributed by atoms with Gasteiger partial charge in [-0.1, -0.05) is 29.8 Å². The molecule has 1 aliphatic rings. The summed E-state index contributed by atoms with van der Waals surface area (Å²) in [6, 6.07) is 14.4. The van der Waals surface area contributed by atoms with Crippen molar-refractivity contribution >= 4 is 17.4 Å². The Kier molecular flexibility index (Phi) is 4.10. The Hall–Kier alpha value is -1.25. The third kappa shape index (κ3) is 2.60. The van der Waals surface area contributed by atoms with Gasteiger partial charge in [0.25, 0.3) is 5.82 Å². The predicted molar refractivity (Wildman–Crippen MR) is 69.1 cm³/mol. The van der Waals surface area contributed by atoms with Crippen LogP contribution < -0.4 is 21.9 Å². The average molecular weight is 281 g/mol. The van der Waals surface area contributed by atoms with Gasteiger partial charge < -0.3 is 12.4 Å². The van der Waals surface area contributed by atoms with Crippen LogP contribution in [-0.2, 0) is 13.1 Å². The third-order valence-corrected chi connectivity index (χ3v) is 3.39. The van der Waals surface area contributed by atoms with Gasteiger partial charge in [0, 0.05) is 11.1 Å². The molecule has 1 aromatic carbocycles. The Bertz CT molecular complexity index is 526. The van der Waals surface area contributed by atoms with E-state index in [4.69, 9.17) is 11.6 Å². The molecule has 0 spiro atoms. The second-order valence-electron chi connectivity index (χ2n) is 4.30. The molecule has 0 aliphatic carbocycles. The molecular formula is C14H14Cl2N2. The molecule has 0 atom stereocenters. The van der Waals surface area contributed by atoms with E-state index in [0.717, 1.165) is 24.7 Å². The quantitative estimate of drug-likeness (QED) is 0.683. The van der Waals surface area contributed by atoms with E-state index >= 15 is 0 Å². The van der Waals surface area contributed by atoms with Gasteiger partial charge in [-0.05, 0) is 23.8 Å². The number of anilines is 1. The number of benzene rings is 1. The highest BCUT2D eigenvalue weighted by atomic mass is 35.5. The molecule has 94 valence electrons. The molecule has 3 rings (SSSR count). The van der Waals surface area contributed by atoms with Crippen molar-refractivity contribution in [2.45, 2.75) is 13.1 Å². The Labute approximate surface area is 118 Å². The second kappa shape index (κ2) is 5.59. The number of aromatic nitrogens is 1. The second-order valence-corrected chi connectivity index (χ2v) is 4.74. The molecule has 1 aliphatic heterocycles. The van der Waals surface area contributed by atoms with E-state index in [-0.39, 0.29) is 12.4 Å². The molecule has 2 heterocycles. The van der Waals surface area contributed by atoms with Gasteiger partial charge in [-0.25, -0.2) is 4.57 Å². The first-order valence-corrected chi connectivity index (χ1v) is 6.18. The van der Waals surface area contributed by atoms with Gasteiger partial charge in [-0.2, -0.15) is 0 Å². The summed E-state index contributed by atoms with van der Waals surface area (Å²) >= 11 is 5.89. The Morgan fingerprint density at radius 3 is 2.67 bits per heavy atom. The standard InChI is InChI=1S/C14H14ClN2.ClH/c15-13-6-4-12(5-7-13)11-17-10-9-16-8-2-1-3-14(16)17;/h1-8H,9-11H2;1H/q+1;/p-1. The summed E-state index contributed by atoms with van der Waals surface area (Å²) < 4.78 is 2.29. The molecule has 18 heavy (non-hydrogen) atoms. The molecule has 0 amide bonds. The molecule has 2 nitrogen and oxygen atoms in total. The van der Waals surface area contributed by atoms with Crippen molar-refractivity contribution in [1.82, 2.24) is 0 Å². The van der Waals surface area contributed by atoms with Crippen LogP contribution in [0.4, 0.5) is 5.82 Å². The normalized spacial score (nSPS) is 13.1. The van der Waals surface area contributed by atoms with Crippen molar-refractivity contribution in [1.29, 1.82) is 0 Å². The van der Waals surface area contributed by atoms with Crippen molar-refractivity contribution in [2.24, 2.45) is 0 Å². The van der Waals surface area contributed by atoms with Crippen molar-refractivity contribution < 1.29 is 17.0 Å². The minimum Gasteiger partial charge on any atom is -1.00 e. The summed E-state index contributed by atoms with van der Waals surface area (Å²) in [5, 5.41) is 0.796. The third-order valence-electron chi connectivity index (χ3n) is 3.14. The van der Waals surface area contributed by atoms with Gasteiger partial charge in [-0.15, -0.1) is 0 Å². The van der Waals surface area contributed by atoms with E-state index in [1.54, 1.807) is 0 Å². The van der Waals surface area contributed by atoms with Gasteiger partial charge in [0.15, 0.2) is 0 Å². The molecule has 0 saturated carbocycles. The summed E-state index contributed by atoms with van der Waals surface area (Å²) in [4.78, 5) is 2.39. The lowest BCUT2D eigenvalue weighted by atomic mass is 10.2. The molecule has 0 N–H and O–H groups in total. The first-order valence-electron chi connectivity index (χ1n) is 5.81. The van der Waals surface area contributed by atoms with Crippen molar-refractivity contribution in [3.05, 3.63) is 59.2 Å². The summed E-state index contributed by atoms with van der Waals surface area (Å²) in [7, 11) is 0. The van der Waals surface area contributed by atoms with Crippen molar-refractivity contribution in [2.75, 3.05) is 11.4 Å². The fraction of sp³-hybridized carbons (Fsp3) is 0.214. The van der Waals surface area contributed by atoms with Gasteiger partial charge in [-0.3, -0.25) is 4.90 Å². The first kappa shape index (κ1) is 13.2. The van der Waals surface area contributed by atoms with Crippen LogP contribution in [0.5, 0.6) is 0 Å². The lowest BCUT2D eigenvalue weighted by molar-refractivity contribution is -0.671. The largest absolute Gasteiger partial charge is 1.00 e. The zero-order chi connectivity index (χ0) is 11.7. The van der Waals surface area contributed by atoms with Crippen molar-refractivity contribution in [3.63, 3.8) is 0 Å². The fourth-order valence-corrected chi connectivity index (χ4v) is 2.38. The van der Waals surface area contributed by atoms with E-state index in [2.05, 4.69) is 46.0 Å². The number of halogens is 2. The van der Waals surface area contributed by atoms with E-state index in [9.17, 15) is 0 Å². The monoisotopic (exact) mass is 280 g/mol. The molecule has 2 aromatic rings. The maximum absolute atomic E-state index is 5.89. The summed E-state index contributed by atoms with van der Waals surface area (Å²) in [5.74, 6) is 1.29. The Morgan fingerprint density at radius 2 is 1.89 bits per heavy atom. The molecule has 4 heteroatoms. The number of pyridine rings is 1. The number of hydrogen-bond acceptors (Lipinski definition) is 1. The highest BCUT2D eigenvalue weighted by Crippen LogP contribution is 2.17. The summed E-state index contributed by atoms with van der Waals surface area (Å²) in [6.07, 6.45) is 2.14. The maximum atomic E-state index is 5.89. The van der Waals surface area contributed by atoms with Gasteiger partial charge in [0.2, 0.25) is 0 Å². The van der Waals surface area contributed by atoms with Gasteiger partial charge in [0.05, 0.1) is 6.20 Å². The zero-order valence-electron chi connectivity index (χ0n) is 9.89. The van der Waals surface area contributed by atoms with Crippen LogP contribution in [0.25, 0.3) is 0 Å². The van der Waals surface area contributed by atoms with Crippen LogP contribution in [0, 0.1) is 0 Å². The minimum atomic E-state index is 0. The van der Waals surface area contributed by atoms with E-state index < -0.39 is 0 Å². The molecule has 0 radical (unpaired) electrons. The Balaban J connectivity index is 0.00000120. The zero-order valence-corrected chi connectivity index (χ0v) is 11.4. The van der Waals surface area contributed by atoms with Crippen LogP contribution in [0.15, 0.2) is 48.7 Å². The van der Waals surface area contributed by atoms with Crippen molar-refractivity contribution in [3.8, 4) is 0 Å². The van der Waals surface area contributed by atoms with E-state index in [1.807, 2.05) is 12.1 Å². The van der Waals surface area contributed by atoms with Crippen LogP contribution in [0.3, 0.4) is 0 Å². The summed E-state index contributed by atoms with van der Waals surface area (Å²) in [5.41, 5.74) is 1.30. The maximum Gasteiger partial charge on any atom is 0.277 e. The fourth-order valence-electron chi connectivity index (χ4n) is 2.26. The number of fused-ring (bicyclic) bond motifs is 1. The summed E-state index contributed by atoms with van der Waals surface area (Å²) in [6.45, 7) is 3.09. The Morgan fingerprint density at radius 1 is 1.11 bits per heavy atom. The van der Waals surface area contributed by atoms with Crippen LogP contribution in [-0.4, -0.2) is 6.54 Å². The molecular weight excluding hydrogens is 267 g/mol. The van der Waals surface area contributed by atoms with E-state index in [0.29, 0.717) is 0 Å². The van der Waals surface area contributed by atoms with Crippen LogP contribution in [0.1, 0.15) is 5.56 Å². The molecule has 0 fully saturated rings. The van der Waals surface area contributed by atoms with Crippen LogP contribution >= 0.6 is 11.6 Å². The highest BCUT2D eigenvalue weighted by molar-refractivity contribution is 6.30. The lowest BCUT2D eigenvalue weighted by Crippen LogP contribution is -3.00. The topological polar surface area (TPSA) is 7.12 Å². The SMILES string of the molecule is Clc1ccc(CN2CC[n+]3ccccc32)cc1.[Cl-]. The number of hydrogen-bond donors (Lipinski definition) is 0. The molecule has 0 unspecified atom stereocenters. The molecule has 1 aromatic heterocycles. The van der Waals surface area contributed by atoms with E-state index in [1.165, 1.54) is 11.4 Å². The number of rotatable bonds is 2. The highest BCUT2D eigenvalue weighted by Gasteiger charge is 2.26.